The fourth-order valence-electron chi connectivity index (χ4n) is 1.45. The fourth-order valence-corrected chi connectivity index (χ4v) is 1.45. The van der Waals surface area contributed by atoms with Crippen LogP contribution in [0.15, 0.2) is 24.5 Å². The predicted molar refractivity (Wildman–Crippen MR) is 61.6 cm³/mol. The zero-order chi connectivity index (χ0) is 14.0. The van der Waals surface area contributed by atoms with Crippen LogP contribution in [0.4, 0.5) is 24.5 Å². The minimum Gasteiger partial charge on any atom is -0.396 e. The first-order valence-electron chi connectivity index (χ1n) is 5.18. The molecule has 0 unspecified atom stereocenters. The van der Waals surface area contributed by atoms with E-state index in [1.165, 1.54) is 17.1 Å². The normalized spacial score (nSPS) is 10.5. The maximum atomic E-state index is 13.3. The molecular weight excluding hydrogens is 261 g/mol. The minimum absolute atomic E-state index is 0.270. The topological polar surface area (TPSA) is 72.9 Å². The lowest BCUT2D eigenvalue weighted by atomic mass is 10.2. The van der Waals surface area contributed by atoms with Crippen LogP contribution < -0.4 is 11.1 Å². The quantitative estimate of drug-likeness (QED) is 0.888. The Morgan fingerprint density at radius 2 is 1.95 bits per heavy atom. The highest BCUT2D eigenvalue weighted by molar-refractivity contribution is 5.90. The molecule has 0 atom stereocenters. The number of nitrogens with zero attached hydrogens (tertiary/aromatic N) is 2. The molecule has 19 heavy (non-hydrogen) atoms. The molecule has 0 bridgehead atoms. The Labute approximate surface area is 105 Å². The standard InChI is InChI=1S/C11H9F3N4O/c12-6-1-8(13)11(9(14)2-6)17-10(19)5-18-4-7(15)3-16-18/h1-4H,5,15H2,(H,17,19). The number of anilines is 2. The molecule has 1 aromatic heterocycles. The summed E-state index contributed by atoms with van der Waals surface area (Å²) in [6.07, 6.45) is 2.71. The summed E-state index contributed by atoms with van der Waals surface area (Å²) in [6.45, 7) is -0.270. The van der Waals surface area contributed by atoms with Crippen molar-refractivity contribution in [2.24, 2.45) is 0 Å². The molecule has 0 aliphatic carbocycles. The van der Waals surface area contributed by atoms with Gasteiger partial charge in [-0.15, -0.1) is 0 Å². The number of hydrogen-bond donors (Lipinski definition) is 2. The Kier molecular flexibility index (Phi) is 3.41. The molecule has 1 amide bonds. The molecule has 0 fully saturated rings. The van der Waals surface area contributed by atoms with Crippen LogP contribution in [0, 0.1) is 17.5 Å². The van der Waals surface area contributed by atoms with Gasteiger partial charge in [0.25, 0.3) is 0 Å². The third-order valence-electron chi connectivity index (χ3n) is 2.23. The number of benzene rings is 1. The first-order chi connectivity index (χ1) is 8.95. The molecule has 2 rings (SSSR count). The van der Waals surface area contributed by atoms with Gasteiger partial charge in [0.1, 0.15) is 18.0 Å². The predicted octanol–water partition coefficient (Wildman–Crippen LogP) is 1.52. The van der Waals surface area contributed by atoms with Crippen molar-refractivity contribution in [3.05, 3.63) is 42.0 Å². The van der Waals surface area contributed by atoms with Crippen LogP contribution in [0.5, 0.6) is 0 Å². The molecule has 1 aromatic carbocycles. The first-order valence-corrected chi connectivity index (χ1v) is 5.18. The van der Waals surface area contributed by atoms with Crippen LogP contribution in [-0.4, -0.2) is 15.7 Å². The van der Waals surface area contributed by atoms with Gasteiger partial charge in [0.05, 0.1) is 11.9 Å². The largest absolute Gasteiger partial charge is 0.396 e. The molecule has 2 aromatic rings. The summed E-state index contributed by atoms with van der Waals surface area (Å²) < 4.78 is 40.4. The van der Waals surface area contributed by atoms with Crippen molar-refractivity contribution in [3.63, 3.8) is 0 Å². The fraction of sp³-hybridized carbons (Fsp3) is 0.0909. The second-order valence-corrected chi connectivity index (χ2v) is 3.76. The summed E-state index contributed by atoms with van der Waals surface area (Å²) in [7, 11) is 0. The van der Waals surface area contributed by atoms with Gasteiger partial charge in [-0.25, -0.2) is 13.2 Å². The lowest BCUT2D eigenvalue weighted by Gasteiger charge is -2.07. The zero-order valence-corrected chi connectivity index (χ0v) is 9.53. The van der Waals surface area contributed by atoms with E-state index in [9.17, 15) is 18.0 Å². The van der Waals surface area contributed by atoms with E-state index in [1.807, 2.05) is 5.32 Å². The van der Waals surface area contributed by atoms with Gasteiger partial charge in [0.2, 0.25) is 5.91 Å². The average Bonchev–Trinajstić information content (AvgIpc) is 2.69. The number of hydrogen-bond acceptors (Lipinski definition) is 3. The number of nitrogen functional groups attached to an aromatic ring is 1. The van der Waals surface area contributed by atoms with Gasteiger partial charge in [0.15, 0.2) is 11.6 Å². The Bertz CT molecular complexity index is 603. The molecule has 0 radical (unpaired) electrons. The SMILES string of the molecule is Nc1cnn(CC(=O)Nc2c(F)cc(F)cc2F)c1. The van der Waals surface area contributed by atoms with Crippen LogP contribution in [-0.2, 0) is 11.3 Å². The average molecular weight is 270 g/mol. The summed E-state index contributed by atoms with van der Waals surface area (Å²) >= 11 is 0. The van der Waals surface area contributed by atoms with Crippen LogP contribution in [0.1, 0.15) is 0 Å². The van der Waals surface area contributed by atoms with E-state index in [0.717, 1.165) is 0 Å². The number of rotatable bonds is 3. The van der Waals surface area contributed by atoms with E-state index in [2.05, 4.69) is 5.10 Å². The van der Waals surface area contributed by atoms with Crippen molar-refractivity contribution in [1.82, 2.24) is 9.78 Å². The number of nitrogens with two attached hydrogens (primary N) is 1. The van der Waals surface area contributed by atoms with E-state index in [1.54, 1.807) is 0 Å². The Balaban J connectivity index is 2.11. The molecule has 0 spiro atoms. The van der Waals surface area contributed by atoms with Crippen LogP contribution >= 0.6 is 0 Å². The lowest BCUT2D eigenvalue weighted by Crippen LogP contribution is -2.20. The number of carbonyl (C=O) groups is 1. The molecule has 0 saturated carbocycles. The molecule has 5 nitrogen and oxygen atoms in total. The smallest absolute Gasteiger partial charge is 0.246 e. The highest BCUT2D eigenvalue weighted by atomic mass is 19.1. The van der Waals surface area contributed by atoms with E-state index in [4.69, 9.17) is 5.73 Å². The van der Waals surface area contributed by atoms with E-state index >= 15 is 0 Å². The van der Waals surface area contributed by atoms with Crippen LogP contribution in [0.2, 0.25) is 0 Å². The van der Waals surface area contributed by atoms with Gasteiger partial charge in [-0.2, -0.15) is 5.10 Å². The van der Waals surface area contributed by atoms with Crippen molar-refractivity contribution in [2.45, 2.75) is 6.54 Å². The van der Waals surface area contributed by atoms with Gasteiger partial charge in [0, 0.05) is 18.3 Å². The monoisotopic (exact) mass is 270 g/mol. The second-order valence-electron chi connectivity index (χ2n) is 3.76. The number of amides is 1. The number of halogens is 3. The van der Waals surface area contributed by atoms with Crippen LogP contribution in [0.25, 0.3) is 0 Å². The molecule has 100 valence electrons. The summed E-state index contributed by atoms with van der Waals surface area (Å²) in [5.41, 5.74) is 5.05. The van der Waals surface area contributed by atoms with E-state index in [0.29, 0.717) is 17.8 Å². The molecule has 0 aliphatic rings. The van der Waals surface area contributed by atoms with E-state index in [-0.39, 0.29) is 6.54 Å². The van der Waals surface area contributed by atoms with Gasteiger partial charge in [-0.1, -0.05) is 0 Å². The van der Waals surface area contributed by atoms with Crippen LogP contribution in [0.3, 0.4) is 0 Å². The summed E-state index contributed by atoms with van der Waals surface area (Å²) in [4.78, 5) is 11.5. The first kappa shape index (κ1) is 12.9. The van der Waals surface area contributed by atoms with Crippen molar-refractivity contribution < 1.29 is 18.0 Å². The maximum absolute atomic E-state index is 13.3. The number of carbonyl (C=O) groups excluding carboxylic acids is 1. The molecule has 0 aliphatic heterocycles. The van der Waals surface area contributed by atoms with E-state index < -0.39 is 29.0 Å². The lowest BCUT2D eigenvalue weighted by molar-refractivity contribution is -0.116. The van der Waals surface area contributed by atoms with Crippen molar-refractivity contribution >= 4 is 17.3 Å². The number of aromatic nitrogens is 2. The van der Waals surface area contributed by atoms with Gasteiger partial charge >= 0.3 is 0 Å². The molecule has 8 heteroatoms. The van der Waals surface area contributed by atoms with Gasteiger partial charge < -0.3 is 11.1 Å². The Hall–Kier alpha value is -2.51. The third kappa shape index (κ3) is 3.03. The Morgan fingerprint density at radius 1 is 1.32 bits per heavy atom. The highest BCUT2D eigenvalue weighted by Crippen LogP contribution is 2.20. The minimum atomic E-state index is -1.19. The molecule has 1 heterocycles. The zero-order valence-electron chi connectivity index (χ0n) is 9.53. The van der Waals surface area contributed by atoms with Gasteiger partial charge in [-0.3, -0.25) is 9.48 Å². The third-order valence-corrected chi connectivity index (χ3v) is 2.23. The Morgan fingerprint density at radius 3 is 2.47 bits per heavy atom. The van der Waals surface area contributed by atoms with Gasteiger partial charge in [-0.05, 0) is 0 Å². The maximum Gasteiger partial charge on any atom is 0.246 e. The summed E-state index contributed by atoms with van der Waals surface area (Å²) in [5.74, 6) is -4.16. The molecular formula is C11H9F3N4O. The summed E-state index contributed by atoms with van der Waals surface area (Å²) in [5, 5.41) is 5.75. The van der Waals surface area contributed by atoms with Crippen molar-refractivity contribution in [3.8, 4) is 0 Å². The van der Waals surface area contributed by atoms with Crippen molar-refractivity contribution in [1.29, 1.82) is 0 Å². The second kappa shape index (κ2) is 5.01. The molecule has 3 N–H and O–H groups in total. The highest BCUT2D eigenvalue weighted by Gasteiger charge is 2.14. The summed E-state index contributed by atoms with van der Waals surface area (Å²) in [6, 6.07) is 0.954. The molecule has 0 saturated heterocycles. The number of nitrogens with one attached hydrogen (secondary N) is 1. The van der Waals surface area contributed by atoms with Crippen molar-refractivity contribution in [2.75, 3.05) is 11.1 Å².